The minimum absolute atomic E-state index is 0.00931. The molecule has 4 N–H and O–H groups in total. The van der Waals surface area contributed by atoms with E-state index >= 15 is 0 Å². The van der Waals surface area contributed by atoms with Crippen molar-refractivity contribution in [3.05, 3.63) is 64.2 Å². The van der Waals surface area contributed by atoms with Gasteiger partial charge in [0.2, 0.25) is 5.88 Å². The van der Waals surface area contributed by atoms with E-state index in [0.717, 1.165) is 36.2 Å². The topological polar surface area (TPSA) is 111 Å². The number of benzene rings is 1. The van der Waals surface area contributed by atoms with Gasteiger partial charge >= 0.3 is 0 Å². The number of amides is 1. The number of hydrogen-bond acceptors (Lipinski definition) is 7. The smallest absolute Gasteiger partial charge is 0.263 e. The van der Waals surface area contributed by atoms with Crippen LogP contribution in [0.1, 0.15) is 41.6 Å². The quantitative estimate of drug-likeness (QED) is 0.394. The first-order valence-corrected chi connectivity index (χ1v) is 13.1. The molecule has 4 heterocycles. The van der Waals surface area contributed by atoms with E-state index in [1.807, 2.05) is 31.2 Å². The molecule has 1 saturated heterocycles. The number of hydrogen-bond donors (Lipinski definition) is 4. The van der Waals surface area contributed by atoms with Crippen LogP contribution in [0.15, 0.2) is 47.5 Å². The molecule has 1 aromatic carbocycles. The molecule has 0 spiro atoms. The number of fused-ring (bicyclic) bond motifs is 1. The van der Waals surface area contributed by atoms with E-state index < -0.39 is 11.5 Å². The average Bonchev–Trinajstić information content (AvgIpc) is 3.77. The molecule has 2 aliphatic heterocycles. The summed E-state index contributed by atoms with van der Waals surface area (Å²) in [6, 6.07) is 9.55. The molecule has 9 heteroatoms. The summed E-state index contributed by atoms with van der Waals surface area (Å²) in [6.07, 6.45) is 8.52. The summed E-state index contributed by atoms with van der Waals surface area (Å²) in [6.45, 7) is 5.35. The van der Waals surface area contributed by atoms with Crippen LogP contribution in [0.5, 0.6) is 5.88 Å². The zero-order valence-corrected chi connectivity index (χ0v) is 21.0. The molecule has 1 aliphatic carbocycles. The van der Waals surface area contributed by atoms with Gasteiger partial charge in [-0.1, -0.05) is 0 Å². The highest BCUT2D eigenvalue weighted by atomic mass is 16.5. The molecule has 2 fully saturated rings. The molecular formula is C28H32N6O3. The Bertz CT molecular complexity index is 1360. The largest absolute Gasteiger partial charge is 0.474 e. The second-order valence-electron chi connectivity index (χ2n) is 10.1. The number of aromatic amines is 1. The maximum absolute atomic E-state index is 13.2. The first-order valence-electron chi connectivity index (χ1n) is 13.1. The molecule has 0 bridgehead atoms. The lowest BCUT2D eigenvalue weighted by atomic mass is 9.92. The van der Waals surface area contributed by atoms with Gasteiger partial charge in [0, 0.05) is 42.8 Å². The molecular weight excluding hydrogens is 468 g/mol. The monoisotopic (exact) mass is 500 g/mol. The molecule has 3 aromatic rings. The maximum atomic E-state index is 13.2. The van der Waals surface area contributed by atoms with Crippen molar-refractivity contribution in [1.29, 1.82) is 0 Å². The van der Waals surface area contributed by atoms with Crippen LogP contribution in [0, 0.1) is 18.8 Å². The summed E-state index contributed by atoms with van der Waals surface area (Å²) < 4.78 is 5.60. The summed E-state index contributed by atoms with van der Waals surface area (Å²) in [5.74, 6) is 1.94. The van der Waals surface area contributed by atoms with Gasteiger partial charge in [-0.25, -0.2) is 4.98 Å². The summed E-state index contributed by atoms with van der Waals surface area (Å²) in [7, 11) is 0. The number of piperidine rings is 1. The first kappa shape index (κ1) is 23.4. The van der Waals surface area contributed by atoms with E-state index in [1.165, 1.54) is 37.6 Å². The Morgan fingerprint density at radius 1 is 1.05 bits per heavy atom. The molecule has 1 amide bonds. The molecule has 192 valence electrons. The van der Waals surface area contributed by atoms with Crippen LogP contribution in [0.25, 0.3) is 0 Å². The molecule has 1 saturated carbocycles. The Hall–Kier alpha value is -4.01. The van der Waals surface area contributed by atoms with Crippen molar-refractivity contribution in [2.24, 2.45) is 11.8 Å². The number of aromatic nitrogens is 2. The fourth-order valence-electron chi connectivity index (χ4n) is 5.45. The van der Waals surface area contributed by atoms with Crippen molar-refractivity contribution < 1.29 is 9.53 Å². The third-order valence-electron chi connectivity index (χ3n) is 7.72. The predicted molar refractivity (Wildman–Crippen MR) is 145 cm³/mol. The van der Waals surface area contributed by atoms with Gasteiger partial charge in [0.1, 0.15) is 17.9 Å². The van der Waals surface area contributed by atoms with Gasteiger partial charge < -0.3 is 30.6 Å². The number of nitrogens with zero attached hydrogens (tertiary/aromatic N) is 2. The third-order valence-corrected chi connectivity index (χ3v) is 7.72. The van der Waals surface area contributed by atoms with Crippen LogP contribution in [-0.4, -0.2) is 42.1 Å². The van der Waals surface area contributed by atoms with Crippen molar-refractivity contribution in [2.45, 2.75) is 32.6 Å². The van der Waals surface area contributed by atoms with Crippen LogP contribution < -0.4 is 31.1 Å². The zero-order chi connectivity index (χ0) is 25.4. The van der Waals surface area contributed by atoms with Crippen LogP contribution in [0.3, 0.4) is 0 Å². The maximum Gasteiger partial charge on any atom is 0.263 e. The lowest BCUT2D eigenvalue weighted by Gasteiger charge is -2.33. The van der Waals surface area contributed by atoms with Gasteiger partial charge in [0.15, 0.2) is 0 Å². The number of anilines is 5. The van der Waals surface area contributed by atoms with Crippen LogP contribution in [0.4, 0.5) is 28.4 Å². The summed E-state index contributed by atoms with van der Waals surface area (Å²) in [4.78, 5) is 35.3. The molecule has 0 radical (unpaired) electrons. The minimum atomic E-state index is -0.479. The van der Waals surface area contributed by atoms with E-state index in [4.69, 9.17) is 4.74 Å². The Balaban J connectivity index is 1.16. The van der Waals surface area contributed by atoms with Gasteiger partial charge in [0.25, 0.3) is 11.5 Å². The molecule has 2 aromatic heterocycles. The standard InChI is InChI=1S/C28H32N6O3/c1-17-23(16-31-28-25(17)29-12-15-37-28)33-22-8-11-30-26(35)24(22)27(36)32-20-4-6-21(7-5-20)34-13-9-19(10-14-34)18-2-3-18/h4-8,11,16,18-19,29H,2-3,9-10,12-15H2,1H3,(H,32,36)(H2,30,33,35). The Morgan fingerprint density at radius 3 is 2.57 bits per heavy atom. The summed E-state index contributed by atoms with van der Waals surface area (Å²) >= 11 is 0. The van der Waals surface area contributed by atoms with Crippen molar-refractivity contribution in [3.63, 3.8) is 0 Å². The minimum Gasteiger partial charge on any atom is -0.474 e. The highest BCUT2D eigenvalue weighted by Crippen LogP contribution is 2.42. The van der Waals surface area contributed by atoms with Gasteiger partial charge in [-0.3, -0.25) is 9.59 Å². The average molecular weight is 501 g/mol. The van der Waals surface area contributed by atoms with Crippen molar-refractivity contribution in [1.82, 2.24) is 9.97 Å². The van der Waals surface area contributed by atoms with E-state index in [0.29, 0.717) is 36.1 Å². The molecule has 0 unspecified atom stereocenters. The van der Waals surface area contributed by atoms with E-state index in [2.05, 4.69) is 30.8 Å². The van der Waals surface area contributed by atoms with E-state index in [9.17, 15) is 9.59 Å². The van der Waals surface area contributed by atoms with Crippen molar-refractivity contribution in [3.8, 4) is 5.88 Å². The Labute approximate surface area is 215 Å². The van der Waals surface area contributed by atoms with E-state index in [1.54, 1.807) is 12.3 Å². The normalized spacial score (nSPS) is 17.4. The Kier molecular flexibility index (Phi) is 6.20. The predicted octanol–water partition coefficient (Wildman–Crippen LogP) is 4.50. The van der Waals surface area contributed by atoms with Crippen LogP contribution in [0.2, 0.25) is 0 Å². The molecule has 9 nitrogen and oxygen atoms in total. The van der Waals surface area contributed by atoms with Crippen LogP contribution >= 0.6 is 0 Å². The number of H-pyrrole nitrogens is 1. The fourth-order valence-corrected chi connectivity index (χ4v) is 5.45. The number of nitrogens with one attached hydrogen (secondary N) is 4. The van der Waals surface area contributed by atoms with Gasteiger partial charge in [-0.05, 0) is 74.8 Å². The molecule has 3 aliphatic rings. The highest BCUT2D eigenvalue weighted by molar-refractivity contribution is 6.08. The zero-order valence-electron chi connectivity index (χ0n) is 21.0. The number of carbonyl (C=O) groups is 1. The van der Waals surface area contributed by atoms with E-state index in [-0.39, 0.29) is 5.56 Å². The number of ether oxygens (including phenoxy) is 1. The lowest BCUT2D eigenvalue weighted by Crippen LogP contribution is -2.34. The highest BCUT2D eigenvalue weighted by Gasteiger charge is 2.33. The SMILES string of the molecule is Cc1c(Nc2cc[nH]c(=O)c2C(=O)Nc2ccc(N3CCC(C4CC4)CC3)cc2)cnc2c1NCCO2. The first-order chi connectivity index (χ1) is 18.1. The Morgan fingerprint density at radius 2 is 1.81 bits per heavy atom. The molecule has 37 heavy (non-hydrogen) atoms. The van der Waals surface area contributed by atoms with Crippen molar-refractivity contribution in [2.75, 3.05) is 47.1 Å². The number of carbonyl (C=O) groups excluding carboxylic acids is 1. The molecule has 6 rings (SSSR count). The van der Waals surface area contributed by atoms with Gasteiger partial charge in [-0.2, -0.15) is 0 Å². The summed E-state index contributed by atoms with van der Waals surface area (Å²) in [5.41, 5.74) is 4.14. The summed E-state index contributed by atoms with van der Waals surface area (Å²) in [5, 5.41) is 9.40. The molecule has 0 atom stereocenters. The lowest BCUT2D eigenvalue weighted by molar-refractivity contribution is 0.102. The number of pyridine rings is 2. The second kappa shape index (κ2) is 9.80. The van der Waals surface area contributed by atoms with Crippen molar-refractivity contribution >= 4 is 34.3 Å². The number of rotatable bonds is 6. The fraction of sp³-hybridized carbons (Fsp3) is 0.393. The second-order valence-corrected chi connectivity index (χ2v) is 10.1. The van der Waals surface area contributed by atoms with Crippen LogP contribution in [-0.2, 0) is 0 Å². The van der Waals surface area contributed by atoms with Gasteiger partial charge in [-0.15, -0.1) is 0 Å². The third kappa shape index (κ3) is 4.85. The van der Waals surface area contributed by atoms with Gasteiger partial charge in [0.05, 0.1) is 17.6 Å².